The van der Waals surface area contributed by atoms with E-state index in [1.807, 2.05) is 6.07 Å². The Kier molecular flexibility index (Phi) is 4.28. The summed E-state index contributed by atoms with van der Waals surface area (Å²) in [6.45, 7) is 3.74. The highest BCUT2D eigenvalue weighted by atomic mass is 32.1. The number of nitrogens with zero attached hydrogens (tertiary/aromatic N) is 2. The van der Waals surface area contributed by atoms with Crippen molar-refractivity contribution in [2.75, 3.05) is 18.5 Å². The molecule has 0 bridgehead atoms. The van der Waals surface area contributed by atoms with E-state index < -0.39 is 0 Å². The van der Waals surface area contributed by atoms with E-state index in [4.69, 9.17) is 4.74 Å². The number of hydrogen-bond donors (Lipinski definition) is 1. The number of anilines is 1. The van der Waals surface area contributed by atoms with Crippen molar-refractivity contribution in [1.82, 2.24) is 9.36 Å². The van der Waals surface area contributed by atoms with Crippen LogP contribution in [0.2, 0.25) is 0 Å². The molecule has 3 rings (SSSR count). The molecule has 0 amide bonds. The fourth-order valence-electron chi connectivity index (χ4n) is 2.54. The number of ether oxygens (including phenoxy) is 1. The third-order valence-electron chi connectivity index (χ3n) is 3.66. The van der Waals surface area contributed by atoms with Crippen molar-refractivity contribution >= 4 is 16.7 Å². The summed E-state index contributed by atoms with van der Waals surface area (Å²) in [7, 11) is 0. The fraction of sp³-hybridized carbons (Fsp3) is 0.467. The summed E-state index contributed by atoms with van der Waals surface area (Å²) in [6, 6.07) is 10.8. The first-order chi connectivity index (χ1) is 9.86. The Morgan fingerprint density at radius 2 is 2.25 bits per heavy atom. The molecule has 1 fully saturated rings. The largest absolute Gasteiger partial charge is 0.381 e. The third-order valence-corrected chi connectivity index (χ3v) is 4.34. The molecule has 20 heavy (non-hydrogen) atoms. The van der Waals surface area contributed by atoms with Crippen molar-refractivity contribution < 1.29 is 4.74 Å². The van der Waals surface area contributed by atoms with Gasteiger partial charge in [0.25, 0.3) is 0 Å². The van der Waals surface area contributed by atoms with Crippen molar-refractivity contribution in [3.8, 4) is 0 Å². The lowest BCUT2D eigenvalue weighted by molar-refractivity contribution is 0.182. The zero-order valence-corrected chi connectivity index (χ0v) is 12.4. The number of hydrogen-bond acceptors (Lipinski definition) is 5. The highest BCUT2D eigenvalue weighted by Gasteiger charge is 2.27. The summed E-state index contributed by atoms with van der Waals surface area (Å²) >= 11 is 1.44. The average molecular weight is 289 g/mol. The SMILES string of the molecule is CCc1nsc(N[C@@H](c2ccccc2)[C@@H]2CCOC2)n1. The van der Waals surface area contributed by atoms with E-state index in [2.05, 4.69) is 45.9 Å². The second kappa shape index (κ2) is 6.33. The molecule has 0 radical (unpaired) electrons. The first-order valence-electron chi connectivity index (χ1n) is 7.08. The normalized spacial score (nSPS) is 19.9. The predicted octanol–water partition coefficient (Wildman–Crippen LogP) is 3.29. The number of aromatic nitrogens is 2. The zero-order chi connectivity index (χ0) is 13.8. The number of benzene rings is 1. The van der Waals surface area contributed by atoms with Gasteiger partial charge in [-0.25, -0.2) is 4.98 Å². The molecule has 1 saturated heterocycles. The lowest BCUT2D eigenvalue weighted by Gasteiger charge is -2.23. The highest BCUT2D eigenvalue weighted by Crippen LogP contribution is 2.32. The quantitative estimate of drug-likeness (QED) is 0.917. The molecule has 1 aliphatic rings. The van der Waals surface area contributed by atoms with E-state index >= 15 is 0 Å². The third kappa shape index (κ3) is 2.99. The summed E-state index contributed by atoms with van der Waals surface area (Å²) in [4.78, 5) is 4.52. The van der Waals surface area contributed by atoms with Crippen molar-refractivity contribution in [3.63, 3.8) is 0 Å². The predicted molar refractivity (Wildman–Crippen MR) is 81.0 cm³/mol. The van der Waals surface area contributed by atoms with Crippen LogP contribution < -0.4 is 5.32 Å². The maximum absolute atomic E-state index is 5.55. The van der Waals surface area contributed by atoms with Gasteiger partial charge in [0.2, 0.25) is 5.13 Å². The van der Waals surface area contributed by atoms with Crippen LogP contribution in [0, 0.1) is 5.92 Å². The Bertz CT molecular complexity index is 537. The second-order valence-corrected chi connectivity index (χ2v) is 5.78. The van der Waals surface area contributed by atoms with Gasteiger partial charge in [0.15, 0.2) is 0 Å². The minimum absolute atomic E-state index is 0.247. The average Bonchev–Trinajstić information content (AvgIpc) is 3.17. The van der Waals surface area contributed by atoms with Crippen LogP contribution in [0.15, 0.2) is 30.3 Å². The first kappa shape index (κ1) is 13.5. The van der Waals surface area contributed by atoms with Gasteiger partial charge < -0.3 is 10.1 Å². The Balaban J connectivity index is 1.81. The van der Waals surface area contributed by atoms with E-state index in [0.717, 1.165) is 37.0 Å². The summed E-state index contributed by atoms with van der Waals surface area (Å²) in [5, 5.41) is 4.46. The molecule has 1 aromatic carbocycles. The van der Waals surface area contributed by atoms with Crippen molar-refractivity contribution in [2.45, 2.75) is 25.8 Å². The number of aryl methyl sites for hydroxylation is 1. The van der Waals surface area contributed by atoms with Crippen LogP contribution in [0.4, 0.5) is 5.13 Å². The van der Waals surface area contributed by atoms with Gasteiger partial charge in [-0.3, -0.25) is 0 Å². The molecule has 2 aromatic rings. The summed E-state index contributed by atoms with van der Waals surface area (Å²) in [5.41, 5.74) is 1.29. The monoisotopic (exact) mass is 289 g/mol. The molecule has 0 unspecified atom stereocenters. The van der Waals surface area contributed by atoms with Gasteiger partial charge in [-0.1, -0.05) is 37.3 Å². The van der Waals surface area contributed by atoms with Crippen molar-refractivity contribution in [2.24, 2.45) is 5.92 Å². The molecule has 0 aliphatic carbocycles. The zero-order valence-electron chi connectivity index (χ0n) is 11.6. The smallest absolute Gasteiger partial charge is 0.203 e. The summed E-state index contributed by atoms with van der Waals surface area (Å²) in [5.74, 6) is 1.40. The van der Waals surface area contributed by atoms with Crippen molar-refractivity contribution in [1.29, 1.82) is 0 Å². The van der Waals surface area contributed by atoms with Crippen LogP contribution in [-0.2, 0) is 11.2 Å². The van der Waals surface area contributed by atoms with E-state index in [0.29, 0.717) is 5.92 Å². The number of nitrogens with one attached hydrogen (secondary N) is 1. The minimum Gasteiger partial charge on any atom is -0.381 e. The van der Waals surface area contributed by atoms with E-state index in [-0.39, 0.29) is 6.04 Å². The molecule has 0 saturated carbocycles. The van der Waals surface area contributed by atoms with Gasteiger partial charge in [-0.2, -0.15) is 4.37 Å². The Labute approximate surface area is 123 Å². The topological polar surface area (TPSA) is 47.0 Å². The molecular weight excluding hydrogens is 270 g/mol. The highest BCUT2D eigenvalue weighted by molar-refractivity contribution is 7.09. The molecule has 2 atom stereocenters. The first-order valence-corrected chi connectivity index (χ1v) is 7.86. The van der Waals surface area contributed by atoms with Gasteiger partial charge in [0.05, 0.1) is 12.6 Å². The molecule has 0 spiro atoms. The van der Waals surface area contributed by atoms with Gasteiger partial charge in [-0.05, 0) is 12.0 Å². The Morgan fingerprint density at radius 1 is 1.40 bits per heavy atom. The molecule has 5 heteroatoms. The number of rotatable bonds is 5. The van der Waals surface area contributed by atoms with E-state index in [9.17, 15) is 0 Å². The molecule has 106 valence electrons. The van der Waals surface area contributed by atoms with Crippen LogP contribution in [0.5, 0.6) is 0 Å². The standard InChI is InChI=1S/C15H19N3OS/c1-2-13-16-15(20-18-13)17-14(12-8-9-19-10-12)11-6-4-3-5-7-11/h3-7,12,14H,2,8-10H2,1H3,(H,16,17,18)/t12-,14+/m1/s1. The molecule has 1 N–H and O–H groups in total. The van der Waals surface area contributed by atoms with Crippen molar-refractivity contribution in [3.05, 3.63) is 41.7 Å². The van der Waals surface area contributed by atoms with Gasteiger partial charge >= 0.3 is 0 Å². The van der Waals surface area contributed by atoms with Gasteiger partial charge in [-0.15, -0.1) is 0 Å². The Hall–Kier alpha value is -1.46. The maximum atomic E-state index is 5.55. The van der Waals surface area contributed by atoms with Crippen LogP contribution in [0.1, 0.15) is 30.8 Å². The van der Waals surface area contributed by atoms with Gasteiger partial charge in [0, 0.05) is 30.5 Å². The molecule has 1 aliphatic heterocycles. The van der Waals surface area contributed by atoms with Crippen LogP contribution in [0.25, 0.3) is 0 Å². The van der Waals surface area contributed by atoms with Gasteiger partial charge in [0.1, 0.15) is 5.82 Å². The summed E-state index contributed by atoms with van der Waals surface area (Å²) < 4.78 is 9.90. The Morgan fingerprint density at radius 3 is 2.90 bits per heavy atom. The van der Waals surface area contributed by atoms with E-state index in [1.54, 1.807) is 0 Å². The maximum Gasteiger partial charge on any atom is 0.203 e. The molecule has 4 nitrogen and oxygen atoms in total. The lowest BCUT2D eigenvalue weighted by Crippen LogP contribution is -2.21. The van der Waals surface area contributed by atoms with Crippen LogP contribution >= 0.6 is 11.5 Å². The molecular formula is C15H19N3OS. The van der Waals surface area contributed by atoms with E-state index in [1.165, 1.54) is 17.1 Å². The van der Waals surface area contributed by atoms with Crippen LogP contribution in [0.3, 0.4) is 0 Å². The minimum atomic E-state index is 0.247. The second-order valence-electron chi connectivity index (χ2n) is 5.03. The summed E-state index contributed by atoms with van der Waals surface area (Å²) in [6.07, 6.45) is 1.97. The molecule has 2 heterocycles. The lowest BCUT2D eigenvalue weighted by atomic mass is 9.92. The van der Waals surface area contributed by atoms with Crippen LogP contribution in [-0.4, -0.2) is 22.6 Å². The molecule has 1 aromatic heterocycles. The fourth-order valence-corrected chi connectivity index (χ4v) is 3.23.